The number of benzene rings is 3. The van der Waals surface area contributed by atoms with Gasteiger partial charge in [-0.1, -0.05) is 29.8 Å². The molecule has 0 radical (unpaired) electrons. The molecule has 3 rings (SSSR count). The number of sulfonamides is 1. The SMILES string of the molecule is CCNC(=O)C(C)N(Cc1ccc(OC)cc1)C(=O)CN(c1ccc(C)cc1)S(=O)(=O)c1ccc(OC)c(Br)c1. The maximum absolute atomic E-state index is 14.0. The normalized spacial score (nSPS) is 11.8. The minimum absolute atomic E-state index is 0.0213. The van der Waals surface area contributed by atoms with Gasteiger partial charge in [0.2, 0.25) is 11.8 Å². The lowest BCUT2D eigenvalue weighted by molar-refractivity contribution is -0.139. The van der Waals surface area contributed by atoms with Crippen LogP contribution in [0.2, 0.25) is 0 Å². The van der Waals surface area contributed by atoms with Gasteiger partial charge in [-0.3, -0.25) is 13.9 Å². The van der Waals surface area contributed by atoms with E-state index in [9.17, 15) is 18.0 Å². The van der Waals surface area contributed by atoms with Crippen molar-refractivity contribution in [1.29, 1.82) is 0 Å². The molecule has 11 heteroatoms. The lowest BCUT2D eigenvalue weighted by Crippen LogP contribution is -2.51. The molecule has 3 aromatic carbocycles. The van der Waals surface area contributed by atoms with E-state index in [0.717, 1.165) is 15.4 Å². The number of rotatable bonds is 12. The van der Waals surface area contributed by atoms with Crippen LogP contribution in [0.4, 0.5) is 5.69 Å². The monoisotopic (exact) mass is 631 g/mol. The third kappa shape index (κ3) is 7.33. The maximum atomic E-state index is 14.0. The Labute approximate surface area is 244 Å². The van der Waals surface area contributed by atoms with Crippen LogP contribution in [-0.4, -0.2) is 58.5 Å². The van der Waals surface area contributed by atoms with Crippen LogP contribution in [0.15, 0.2) is 76.1 Å². The standard InChI is InChI=1S/C29H34BrN3O6S/c1-6-31-29(35)21(3)32(18-22-9-13-24(38-4)14-10-22)28(34)19-33(23-11-7-20(2)8-12-23)40(36,37)25-15-16-27(39-5)26(30)17-25/h7-17,21H,6,18-19H2,1-5H3,(H,31,35). The average Bonchev–Trinajstić information content (AvgIpc) is 2.95. The van der Waals surface area contributed by atoms with Gasteiger partial charge in [-0.05, 0) is 84.7 Å². The van der Waals surface area contributed by atoms with Crippen LogP contribution >= 0.6 is 15.9 Å². The van der Waals surface area contributed by atoms with E-state index in [1.54, 1.807) is 75.6 Å². The summed E-state index contributed by atoms with van der Waals surface area (Å²) >= 11 is 3.35. The molecule has 0 heterocycles. The summed E-state index contributed by atoms with van der Waals surface area (Å²) < 4.78 is 39.9. The van der Waals surface area contributed by atoms with Crippen molar-refractivity contribution in [2.75, 3.05) is 31.6 Å². The molecule has 9 nitrogen and oxygen atoms in total. The number of ether oxygens (including phenoxy) is 2. The molecule has 40 heavy (non-hydrogen) atoms. The first-order valence-electron chi connectivity index (χ1n) is 12.6. The number of hydrogen-bond acceptors (Lipinski definition) is 6. The van der Waals surface area contributed by atoms with Crippen molar-refractivity contribution in [3.63, 3.8) is 0 Å². The number of nitrogens with one attached hydrogen (secondary N) is 1. The Bertz CT molecular complexity index is 1430. The van der Waals surface area contributed by atoms with Crippen LogP contribution in [0.1, 0.15) is 25.0 Å². The second kappa shape index (κ2) is 13.7. The van der Waals surface area contributed by atoms with Gasteiger partial charge in [0.15, 0.2) is 0 Å². The largest absolute Gasteiger partial charge is 0.497 e. The zero-order valence-electron chi connectivity index (χ0n) is 23.2. The summed E-state index contributed by atoms with van der Waals surface area (Å²) in [5, 5.41) is 2.75. The molecule has 0 aliphatic carbocycles. The quantitative estimate of drug-likeness (QED) is 0.315. The van der Waals surface area contributed by atoms with Crippen molar-refractivity contribution in [2.24, 2.45) is 0 Å². The number of amides is 2. The minimum atomic E-state index is -4.20. The number of likely N-dealkylation sites (N-methyl/N-ethyl adjacent to an activating group) is 1. The first-order valence-corrected chi connectivity index (χ1v) is 14.9. The number of halogens is 1. The van der Waals surface area contributed by atoms with Crippen LogP contribution in [0.5, 0.6) is 11.5 Å². The van der Waals surface area contributed by atoms with Gasteiger partial charge in [0.1, 0.15) is 24.1 Å². The first-order chi connectivity index (χ1) is 19.0. The molecule has 0 aliphatic rings. The van der Waals surface area contributed by atoms with Gasteiger partial charge >= 0.3 is 0 Å². The summed E-state index contributed by atoms with van der Waals surface area (Å²) in [7, 11) is -1.15. The minimum Gasteiger partial charge on any atom is -0.497 e. The van der Waals surface area contributed by atoms with E-state index >= 15 is 0 Å². The molecule has 0 saturated carbocycles. The van der Waals surface area contributed by atoms with Crippen LogP contribution < -0.4 is 19.1 Å². The fourth-order valence-corrected chi connectivity index (χ4v) is 6.14. The number of carbonyl (C=O) groups excluding carboxylic acids is 2. The predicted octanol–water partition coefficient (Wildman–Crippen LogP) is 4.52. The fraction of sp³-hybridized carbons (Fsp3) is 0.310. The van der Waals surface area contributed by atoms with Crippen molar-refractivity contribution in [2.45, 2.75) is 38.3 Å². The number of hydrogen-bond donors (Lipinski definition) is 1. The molecule has 0 bridgehead atoms. The molecule has 3 aromatic rings. The van der Waals surface area contributed by atoms with Crippen molar-refractivity contribution in [1.82, 2.24) is 10.2 Å². The van der Waals surface area contributed by atoms with Crippen molar-refractivity contribution in [3.8, 4) is 11.5 Å². The number of methoxy groups -OCH3 is 2. The topological polar surface area (TPSA) is 105 Å². The van der Waals surface area contributed by atoms with Crippen LogP contribution in [-0.2, 0) is 26.2 Å². The molecule has 0 aromatic heterocycles. The summed E-state index contributed by atoms with van der Waals surface area (Å²) in [6.07, 6.45) is 0. The Morgan fingerprint density at radius 1 is 0.975 bits per heavy atom. The Morgan fingerprint density at radius 3 is 2.17 bits per heavy atom. The van der Waals surface area contributed by atoms with Crippen molar-refractivity contribution >= 4 is 43.5 Å². The molecular weight excluding hydrogens is 598 g/mol. The van der Waals surface area contributed by atoms with Gasteiger partial charge in [-0.2, -0.15) is 0 Å². The Hall–Kier alpha value is -3.57. The molecule has 1 atom stereocenters. The molecule has 1 N–H and O–H groups in total. The molecule has 0 spiro atoms. The number of anilines is 1. The molecule has 0 saturated heterocycles. The molecule has 214 valence electrons. The lowest BCUT2D eigenvalue weighted by Gasteiger charge is -2.32. The molecule has 2 amide bonds. The summed E-state index contributed by atoms with van der Waals surface area (Å²) in [6, 6.07) is 17.5. The Kier molecular flexibility index (Phi) is 10.6. The van der Waals surface area contributed by atoms with E-state index in [4.69, 9.17) is 9.47 Å². The van der Waals surface area contributed by atoms with Gasteiger partial charge in [0.05, 0.1) is 29.3 Å². The van der Waals surface area contributed by atoms with E-state index in [1.165, 1.54) is 24.1 Å². The zero-order chi connectivity index (χ0) is 29.4. The van der Waals surface area contributed by atoms with Crippen molar-refractivity contribution < 1.29 is 27.5 Å². The van der Waals surface area contributed by atoms with Gasteiger partial charge in [0.25, 0.3) is 10.0 Å². The third-order valence-corrected chi connectivity index (χ3v) is 8.73. The second-order valence-corrected chi connectivity index (χ2v) is 11.8. The second-order valence-electron chi connectivity index (χ2n) is 9.08. The van der Waals surface area contributed by atoms with Crippen LogP contribution in [0, 0.1) is 6.92 Å². The molecule has 0 aliphatic heterocycles. The van der Waals surface area contributed by atoms with Gasteiger partial charge in [-0.15, -0.1) is 0 Å². The zero-order valence-corrected chi connectivity index (χ0v) is 25.6. The average molecular weight is 633 g/mol. The molecular formula is C29H34BrN3O6S. The Morgan fingerprint density at radius 2 is 1.62 bits per heavy atom. The van der Waals surface area contributed by atoms with Gasteiger partial charge in [0, 0.05) is 13.1 Å². The van der Waals surface area contributed by atoms with E-state index in [2.05, 4.69) is 21.2 Å². The Balaban J connectivity index is 2.04. The highest BCUT2D eigenvalue weighted by atomic mass is 79.9. The highest BCUT2D eigenvalue weighted by Gasteiger charge is 2.32. The van der Waals surface area contributed by atoms with E-state index in [0.29, 0.717) is 28.2 Å². The third-order valence-electron chi connectivity index (χ3n) is 6.34. The summed E-state index contributed by atoms with van der Waals surface area (Å²) in [5.41, 5.74) is 2.01. The number of nitrogens with zero attached hydrogens (tertiary/aromatic N) is 2. The molecule has 1 unspecified atom stereocenters. The van der Waals surface area contributed by atoms with Gasteiger partial charge < -0.3 is 19.7 Å². The summed E-state index contributed by atoms with van der Waals surface area (Å²) in [4.78, 5) is 28.1. The van der Waals surface area contributed by atoms with Crippen LogP contribution in [0.25, 0.3) is 0 Å². The van der Waals surface area contributed by atoms with Gasteiger partial charge in [-0.25, -0.2) is 8.42 Å². The summed E-state index contributed by atoms with van der Waals surface area (Å²) in [5.74, 6) is 0.249. The fourth-order valence-electron chi connectivity index (χ4n) is 4.01. The van der Waals surface area contributed by atoms with Crippen LogP contribution in [0.3, 0.4) is 0 Å². The van der Waals surface area contributed by atoms with E-state index in [1.807, 2.05) is 6.92 Å². The van der Waals surface area contributed by atoms with E-state index in [-0.39, 0.29) is 17.3 Å². The number of aryl methyl sites for hydroxylation is 1. The summed E-state index contributed by atoms with van der Waals surface area (Å²) in [6.45, 7) is 5.27. The highest BCUT2D eigenvalue weighted by molar-refractivity contribution is 9.10. The predicted molar refractivity (Wildman–Crippen MR) is 158 cm³/mol. The smallest absolute Gasteiger partial charge is 0.264 e. The highest BCUT2D eigenvalue weighted by Crippen LogP contribution is 2.31. The lowest BCUT2D eigenvalue weighted by atomic mass is 10.1. The van der Waals surface area contributed by atoms with E-state index < -0.39 is 28.5 Å². The number of carbonyl (C=O) groups is 2. The van der Waals surface area contributed by atoms with Crippen molar-refractivity contribution in [3.05, 3.63) is 82.3 Å². The molecule has 0 fully saturated rings. The maximum Gasteiger partial charge on any atom is 0.264 e. The first kappa shape index (κ1) is 31.0.